The molecule has 0 aromatic carbocycles. The van der Waals surface area contributed by atoms with Crippen molar-refractivity contribution >= 4 is 41.1 Å². The van der Waals surface area contributed by atoms with Crippen LogP contribution in [0.2, 0.25) is 0 Å². The Morgan fingerprint density at radius 2 is 1.79 bits per heavy atom. The molecule has 0 radical (unpaired) electrons. The van der Waals surface area contributed by atoms with E-state index in [9.17, 15) is 41.5 Å². The molecule has 2 saturated carbocycles. The zero-order valence-corrected chi connectivity index (χ0v) is 21.2. The van der Waals surface area contributed by atoms with Crippen molar-refractivity contribution in [1.29, 1.82) is 0 Å². The maximum absolute atomic E-state index is 13.7. The van der Waals surface area contributed by atoms with Gasteiger partial charge >= 0.3 is 12.1 Å². The zero-order valence-electron chi connectivity index (χ0n) is 20.4. The predicted octanol–water partition coefficient (Wildman–Crippen LogP) is 0.991. The topological polar surface area (TPSA) is 128 Å². The van der Waals surface area contributed by atoms with Crippen molar-refractivity contribution in [3.63, 3.8) is 0 Å². The molecule has 2 aliphatic heterocycles. The summed E-state index contributed by atoms with van der Waals surface area (Å²) < 4.78 is 52.7. The summed E-state index contributed by atoms with van der Waals surface area (Å²) in [6.45, 7) is 0.109. The molecule has 4 fully saturated rings. The van der Waals surface area contributed by atoms with Gasteiger partial charge in [0.15, 0.2) is 0 Å². The second-order valence-corrected chi connectivity index (χ2v) is 10.8. The van der Waals surface area contributed by atoms with Crippen LogP contribution in [-0.4, -0.2) is 83.0 Å². The molecule has 0 unspecified atom stereocenters. The van der Waals surface area contributed by atoms with Gasteiger partial charge in [0.1, 0.15) is 12.1 Å². The van der Waals surface area contributed by atoms with Crippen LogP contribution in [0.3, 0.4) is 0 Å². The van der Waals surface area contributed by atoms with E-state index in [0.717, 1.165) is 6.42 Å². The first-order valence-corrected chi connectivity index (χ1v) is 13.2. The second kappa shape index (κ2) is 11.2. The Labute approximate surface area is 221 Å². The summed E-state index contributed by atoms with van der Waals surface area (Å²) in [5, 5.41) is 5.04. The molecule has 2 aliphatic carbocycles. The molecule has 0 spiro atoms. The van der Waals surface area contributed by atoms with Crippen molar-refractivity contribution in [2.24, 2.45) is 23.7 Å². The van der Waals surface area contributed by atoms with Crippen molar-refractivity contribution in [2.75, 3.05) is 19.6 Å². The Balaban J connectivity index is 1.55. The van der Waals surface area contributed by atoms with Gasteiger partial charge in [0.2, 0.25) is 11.8 Å². The van der Waals surface area contributed by atoms with Gasteiger partial charge in [-0.15, -0.1) is 0 Å². The Hall–Kier alpha value is -2.64. The number of nitrogens with one attached hydrogen (secondary N) is 3. The van der Waals surface area contributed by atoms with Gasteiger partial charge in [-0.25, -0.2) is 9.40 Å². The summed E-state index contributed by atoms with van der Waals surface area (Å²) >= 11 is 5.33. The van der Waals surface area contributed by atoms with Gasteiger partial charge in [-0.2, -0.15) is 13.2 Å². The molecule has 2 saturated heterocycles. The Bertz CT molecular complexity index is 978. The first kappa shape index (κ1) is 28.4. The van der Waals surface area contributed by atoms with Gasteiger partial charge in [-0.1, -0.05) is 24.4 Å². The number of rotatable bonds is 7. The van der Waals surface area contributed by atoms with Crippen LogP contribution >= 0.6 is 11.6 Å². The number of halogens is 5. The van der Waals surface area contributed by atoms with Crippen LogP contribution in [0.4, 0.5) is 17.6 Å². The molecule has 38 heavy (non-hydrogen) atoms. The van der Waals surface area contributed by atoms with E-state index in [1.165, 1.54) is 4.90 Å². The minimum Gasteiger partial charge on any atom is -0.356 e. The second-order valence-electron chi connectivity index (χ2n) is 10.4. The molecule has 6 atom stereocenters. The first-order chi connectivity index (χ1) is 17.9. The minimum atomic E-state index is -5.18. The van der Waals surface area contributed by atoms with Crippen molar-refractivity contribution in [3.05, 3.63) is 0 Å². The molecule has 10 nitrogen and oxygen atoms in total. The molecule has 5 amide bonds. The quantitative estimate of drug-likeness (QED) is 0.240. The molecule has 0 aromatic heterocycles. The molecule has 0 aromatic rings. The maximum atomic E-state index is 13.7. The van der Waals surface area contributed by atoms with Crippen LogP contribution < -0.4 is 16.1 Å². The molecule has 212 valence electrons. The molecule has 0 bridgehead atoms. The van der Waals surface area contributed by atoms with Crippen LogP contribution in [0.1, 0.15) is 44.9 Å². The van der Waals surface area contributed by atoms with Crippen LogP contribution in [0, 0.1) is 23.7 Å². The van der Waals surface area contributed by atoms with Crippen LogP contribution in [-0.2, 0) is 24.0 Å². The highest BCUT2D eigenvalue weighted by Gasteiger charge is 2.53. The van der Waals surface area contributed by atoms with Crippen molar-refractivity contribution < 1.29 is 41.5 Å². The van der Waals surface area contributed by atoms with Gasteiger partial charge in [0, 0.05) is 13.1 Å². The van der Waals surface area contributed by atoms with E-state index in [1.54, 1.807) is 0 Å². The number of alkyl halides is 5. The highest BCUT2D eigenvalue weighted by atomic mass is 35.5. The highest BCUT2D eigenvalue weighted by Crippen LogP contribution is 2.43. The third-order valence-electron chi connectivity index (χ3n) is 8.14. The van der Waals surface area contributed by atoms with E-state index in [4.69, 9.17) is 11.6 Å². The lowest BCUT2D eigenvalue weighted by molar-refractivity contribution is -0.176. The number of amides is 5. The number of fused-ring (bicyclic) bond motifs is 1. The number of nitrogens with zero attached hydrogens (tertiary/aromatic N) is 2. The number of hydrogen-bond donors (Lipinski definition) is 3. The summed E-state index contributed by atoms with van der Waals surface area (Å²) in [5.41, 5.74) is -0.174. The summed E-state index contributed by atoms with van der Waals surface area (Å²) in [5.74, 6) is -7.16. The molecule has 4 aliphatic rings. The van der Waals surface area contributed by atoms with E-state index in [2.05, 4.69) is 10.7 Å². The summed E-state index contributed by atoms with van der Waals surface area (Å²) in [6.07, 6.45) is -1.21. The van der Waals surface area contributed by atoms with E-state index >= 15 is 0 Å². The van der Waals surface area contributed by atoms with Crippen molar-refractivity contribution in [1.82, 2.24) is 26.0 Å². The van der Waals surface area contributed by atoms with Crippen molar-refractivity contribution in [3.8, 4) is 0 Å². The summed E-state index contributed by atoms with van der Waals surface area (Å²) in [6, 6.07) is -2.61. The molecule has 4 rings (SSSR count). The number of carbonyl (C=O) groups excluding carboxylic acids is 5. The van der Waals surface area contributed by atoms with Crippen LogP contribution in [0.5, 0.6) is 0 Å². The fourth-order valence-corrected chi connectivity index (χ4v) is 6.09. The van der Waals surface area contributed by atoms with Gasteiger partial charge in [-0.3, -0.25) is 29.4 Å². The standard InChI is InChI=1S/C23H30ClF4N5O5/c24-17(25)21(37)33(10-13-7-8-29-18(13)34)31-19(35)16-14-6-2-5-12(14)9-32(16)20(36)15(11-3-1-4-11)30-22(38)23(26,27)28/h11-17H,1-10H2,(H,29,34)(H,30,38)(H,31,35)/t12-,13-,14-,15-,16-,17-/m0/s1. The lowest BCUT2D eigenvalue weighted by atomic mass is 9.79. The minimum absolute atomic E-state index is 0.0956. The first-order valence-electron chi connectivity index (χ1n) is 12.7. The Morgan fingerprint density at radius 1 is 1.11 bits per heavy atom. The third kappa shape index (κ3) is 5.84. The SMILES string of the molecule is O=C1NCC[C@H]1CN(NC(=O)[C@@H]1[C@H]2CCC[C@H]2CN1C(=O)[C@@H](NC(=O)C(F)(F)F)C1CCC1)C(=O)[C@H](F)Cl. The number of likely N-dealkylation sites (tertiary alicyclic amines) is 1. The smallest absolute Gasteiger partial charge is 0.356 e. The molecule has 2 heterocycles. The number of carbonyl (C=O) groups is 5. The van der Waals surface area contributed by atoms with Gasteiger partial charge in [-0.05, 0) is 49.9 Å². The third-order valence-corrected chi connectivity index (χ3v) is 8.32. The van der Waals surface area contributed by atoms with E-state index in [1.807, 2.05) is 5.32 Å². The van der Waals surface area contributed by atoms with Gasteiger partial charge in [0.05, 0.1) is 12.5 Å². The van der Waals surface area contributed by atoms with E-state index < -0.39 is 59.4 Å². The summed E-state index contributed by atoms with van der Waals surface area (Å²) in [7, 11) is 0. The average molecular weight is 568 g/mol. The largest absolute Gasteiger partial charge is 0.471 e. The fourth-order valence-electron chi connectivity index (χ4n) is 5.97. The van der Waals surface area contributed by atoms with Crippen molar-refractivity contribution in [2.45, 2.75) is 68.8 Å². The van der Waals surface area contributed by atoms with E-state index in [0.29, 0.717) is 50.1 Å². The van der Waals surface area contributed by atoms with Gasteiger partial charge < -0.3 is 15.5 Å². The Kier molecular flexibility index (Phi) is 8.38. The lowest BCUT2D eigenvalue weighted by Gasteiger charge is -2.38. The molecular formula is C23H30ClF4N5O5. The molecule has 15 heteroatoms. The number of hydrazine groups is 1. The highest BCUT2D eigenvalue weighted by molar-refractivity contribution is 6.29. The average Bonchev–Trinajstić information content (AvgIpc) is 3.51. The summed E-state index contributed by atoms with van der Waals surface area (Å²) in [4.78, 5) is 64.4. The Morgan fingerprint density at radius 3 is 2.34 bits per heavy atom. The predicted molar refractivity (Wildman–Crippen MR) is 123 cm³/mol. The number of hydrogen-bond acceptors (Lipinski definition) is 5. The zero-order chi connectivity index (χ0) is 27.8. The van der Waals surface area contributed by atoms with Crippen LogP contribution in [0.25, 0.3) is 0 Å². The maximum Gasteiger partial charge on any atom is 0.471 e. The normalized spacial score (nSPS) is 28.7. The van der Waals surface area contributed by atoms with Crippen LogP contribution in [0.15, 0.2) is 0 Å². The van der Waals surface area contributed by atoms with E-state index in [-0.39, 0.29) is 30.8 Å². The monoisotopic (exact) mass is 567 g/mol. The fraction of sp³-hybridized carbons (Fsp3) is 0.783. The lowest BCUT2D eigenvalue weighted by Crippen LogP contribution is -2.61. The molecule has 3 N–H and O–H groups in total. The van der Waals surface area contributed by atoms with Gasteiger partial charge in [0.25, 0.3) is 17.4 Å². The molecular weight excluding hydrogens is 538 g/mol.